The van der Waals surface area contributed by atoms with Crippen LogP contribution in [0.2, 0.25) is 0 Å². The molecule has 0 bridgehead atoms. The summed E-state index contributed by atoms with van der Waals surface area (Å²) in [5.74, 6) is -0.707. The summed E-state index contributed by atoms with van der Waals surface area (Å²) >= 11 is 0. The third kappa shape index (κ3) is 37.0. The minimum atomic E-state index is -0.659. The Morgan fingerprint density at radius 2 is 0.972 bits per heavy atom. The molecule has 0 aliphatic rings. The van der Waals surface area contributed by atoms with Gasteiger partial charge in [-0.05, 0) is 51.9 Å². The molecule has 0 heterocycles. The molecule has 0 aromatic heterocycles. The molecule has 0 aromatic carbocycles. The Morgan fingerprint density at radius 3 is 1.47 bits per heavy atom. The Morgan fingerprint density at radius 1 is 0.556 bits per heavy atom. The smallest absolute Gasteiger partial charge is 0.305 e. The highest BCUT2D eigenvalue weighted by atomic mass is 16.5. The van der Waals surface area contributed by atoms with Gasteiger partial charge in [-0.1, -0.05) is 122 Å². The maximum Gasteiger partial charge on any atom is 0.305 e. The molecule has 36 heavy (non-hydrogen) atoms. The van der Waals surface area contributed by atoms with Gasteiger partial charge in [0.05, 0.1) is 6.61 Å². The average Bonchev–Trinajstić information content (AvgIpc) is 2.86. The Labute approximate surface area is 224 Å². The molecule has 4 nitrogen and oxygen atoms in total. The number of carboxylic acid groups (broad SMARTS) is 1. The topological polar surface area (TPSA) is 63.6 Å². The predicted molar refractivity (Wildman–Crippen MR) is 155 cm³/mol. The van der Waals surface area contributed by atoms with Gasteiger partial charge in [-0.3, -0.25) is 9.59 Å². The Hall–Kier alpha value is -1.58. The van der Waals surface area contributed by atoms with E-state index in [1.54, 1.807) is 0 Å². The number of rotatable bonds is 25. The van der Waals surface area contributed by atoms with E-state index in [0.29, 0.717) is 19.4 Å². The summed E-state index contributed by atoms with van der Waals surface area (Å²) in [4.78, 5) is 21.3. The van der Waals surface area contributed by atoms with E-state index in [0.717, 1.165) is 32.1 Å². The second-order valence-corrected chi connectivity index (χ2v) is 9.76. The fourth-order valence-electron chi connectivity index (χ4n) is 3.90. The van der Waals surface area contributed by atoms with E-state index in [4.69, 9.17) is 9.84 Å². The number of hydrogen-bond acceptors (Lipinski definition) is 3. The molecule has 0 atom stereocenters. The van der Waals surface area contributed by atoms with Gasteiger partial charge >= 0.3 is 11.9 Å². The molecule has 0 amide bonds. The second kappa shape index (κ2) is 33.4. The first-order chi connectivity index (χ1) is 17.6. The van der Waals surface area contributed by atoms with Crippen LogP contribution in [0.3, 0.4) is 0 Å². The molecule has 0 fully saturated rings. The van der Waals surface area contributed by atoms with Gasteiger partial charge in [0.25, 0.3) is 0 Å². The molecule has 0 aliphatic heterocycles. The third-order valence-corrected chi connectivity index (χ3v) is 6.13. The molecule has 0 radical (unpaired) electrons. The standard InChI is InChI=1S/C20H36O2.C12H24O2/c1-3-5-6-7-8-9-10-11-12-13-14-15-16-17-18-19-20(21)22-4-2;1-2-3-4-5-6-7-8-9-10-11-12(13)14/h8-9,11-12H,3-7,10,13-19H2,1-2H3;2-11H2,1H3,(H,13,14)/b9-8-,12-11-;. The van der Waals surface area contributed by atoms with E-state index in [2.05, 4.69) is 38.2 Å². The first-order valence-corrected chi connectivity index (χ1v) is 15.3. The van der Waals surface area contributed by atoms with Crippen LogP contribution in [0.25, 0.3) is 0 Å². The monoisotopic (exact) mass is 508 g/mol. The number of carbonyl (C=O) groups excluding carboxylic acids is 1. The van der Waals surface area contributed by atoms with Crippen molar-refractivity contribution in [1.82, 2.24) is 0 Å². The summed E-state index contributed by atoms with van der Waals surface area (Å²) < 4.78 is 4.91. The van der Waals surface area contributed by atoms with E-state index in [1.165, 1.54) is 96.3 Å². The SMILES string of the molecule is CCCCC/C=C\C/C=C\CCCCCCCC(=O)OCC.CCCCCCCCCCCC(=O)O. The van der Waals surface area contributed by atoms with Crippen LogP contribution >= 0.6 is 0 Å². The van der Waals surface area contributed by atoms with Crippen molar-refractivity contribution in [3.63, 3.8) is 0 Å². The van der Waals surface area contributed by atoms with Crippen LogP contribution in [-0.2, 0) is 14.3 Å². The third-order valence-electron chi connectivity index (χ3n) is 6.13. The summed E-state index contributed by atoms with van der Waals surface area (Å²) in [5, 5.41) is 8.41. The van der Waals surface area contributed by atoms with Crippen LogP contribution in [0.4, 0.5) is 0 Å². The lowest BCUT2D eigenvalue weighted by molar-refractivity contribution is -0.143. The largest absolute Gasteiger partial charge is 0.481 e. The summed E-state index contributed by atoms with van der Waals surface area (Å²) in [6, 6.07) is 0. The summed E-state index contributed by atoms with van der Waals surface area (Å²) in [6.45, 7) is 6.82. The van der Waals surface area contributed by atoms with Crippen molar-refractivity contribution in [3.05, 3.63) is 24.3 Å². The minimum Gasteiger partial charge on any atom is -0.481 e. The number of hydrogen-bond donors (Lipinski definition) is 1. The quantitative estimate of drug-likeness (QED) is 0.0756. The van der Waals surface area contributed by atoms with Gasteiger partial charge in [-0.15, -0.1) is 0 Å². The van der Waals surface area contributed by atoms with E-state index in [9.17, 15) is 9.59 Å². The Balaban J connectivity index is 0. The van der Waals surface area contributed by atoms with E-state index in [1.807, 2.05) is 6.92 Å². The number of carboxylic acids is 1. The molecule has 4 heteroatoms. The lowest BCUT2D eigenvalue weighted by Crippen LogP contribution is -2.03. The lowest BCUT2D eigenvalue weighted by Gasteiger charge is -2.01. The van der Waals surface area contributed by atoms with Crippen LogP contribution in [-0.4, -0.2) is 23.7 Å². The number of ether oxygens (including phenoxy) is 1. The minimum absolute atomic E-state index is 0.0480. The van der Waals surface area contributed by atoms with Crippen molar-refractivity contribution in [2.45, 2.75) is 162 Å². The van der Waals surface area contributed by atoms with Crippen LogP contribution in [0, 0.1) is 0 Å². The average molecular weight is 509 g/mol. The molecule has 0 saturated heterocycles. The summed E-state index contributed by atoms with van der Waals surface area (Å²) in [6.07, 6.45) is 34.5. The molecular formula is C32H60O4. The highest BCUT2D eigenvalue weighted by molar-refractivity contribution is 5.69. The highest BCUT2D eigenvalue weighted by Crippen LogP contribution is 2.10. The van der Waals surface area contributed by atoms with Crippen molar-refractivity contribution >= 4 is 11.9 Å². The highest BCUT2D eigenvalue weighted by Gasteiger charge is 2.00. The molecule has 0 aliphatic carbocycles. The van der Waals surface area contributed by atoms with Gasteiger partial charge in [-0.25, -0.2) is 0 Å². The maximum absolute atomic E-state index is 11.1. The Kier molecular flexibility index (Phi) is 34.0. The van der Waals surface area contributed by atoms with Crippen LogP contribution in [0.1, 0.15) is 162 Å². The zero-order valence-corrected chi connectivity index (χ0v) is 24.2. The number of allylic oxidation sites excluding steroid dienone is 4. The zero-order valence-electron chi connectivity index (χ0n) is 24.2. The van der Waals surface area contributed by atoms with Crippen molar-refractivity contribution in [2.24, 2.45) is 0 Å². The number of unbranched alkanes of at least 4 members (excludes halogenated alkanes) is 16. The van der Waals surface area contributed by atoms with Crippen molar-refractivity contribution < 1.29 is 19.4 Å². The van der Waals surface area contributed by atoms with Gasteiger partial charge in [0.2, 0.25) is 0 Å². The number of aliphatic carboxylic acids is 1. The van der Waals surface area contributed by atoms with E-state index < -0.39 is 5.97 Å². The van der Waals surface area contributed by atoms with Crippen LogP contribution in [0.5, 0.6) is 0 Å². The molecule has 1 N–H and O–H groups in total. The summed E-state index contributed by atoms with van der Waals surface area (Å²) in [5.41, 5.74) is 0. The van der Waals surface area contributed by atoms with Gasteiger partial charge < -0.3 is 9.84 Å². The second-order valence-electron chi connectivity index (χ2n) is 9.76. The van der Waals surface area contributed by atoms with Gasteiger partial charge in [0, 0.05) is 12.8 Å². The molecule has 0 unspecified atom stereocenters. The van der Waals surface area contributed by atoms with Crippen LogP contribution < -0.4 is 0 Å². The van der Waals surface area contributed by atoms with Crippen LogP contribution in [0.15, 0.2) is 24.3 Å². The lowest BCUT2D eigenvalue weighted by atomic mass is 10.1. The normalized spacial score (nSPS) is 11.1. The molecule has 0 saturated carbocycles. The fourth-order valence-corrected chi connectivity index (χ4v) is 3.90. The number of carbonyl (C=O) groups is 2. The molecule has 212 valence electrons. The van der Waals surface area contributed by atoms with E-state index >= 15 is 0 Å². The summed E-state index contributed by atoms with van der Waals surface area (Å²) in [7, 11) is 0. The van der Waals surface area contributed by atoms with Gasteiger partial charge in [-0.2, -0.15) is 0 Å². The molecule has 0 aromatic rings. The first-order valence-electron chi connectivity index (χ1n) is 15.3. The molecule has 0 spiro atoms. The predicted octanol–water partition coefficient (Wildman–Crippen LogP) is 10.4. The van der Waals surface area contributed by atoms with Crippen molar-refractivity contribution in [2.75, 3.05) is 6.61 Å². The first kappa shape index (κ1) is 36.6. The van der Waals surface area contributed by atoms with Gasteiger partial charge in [0.1, 0.15) is 0 Å². The van der Waals surface area contributed by atoms with Gasteiger partial charge in [0.15, 0.2) is 0 Å². The van der Waals surface area contributed by atoms with E-state index in [-0.39, 0.29) is 5.97 Å². The maximum atomic E-state index is 11.1. The zero-order chi connectivity index (χ0) is 27.0. The fraction of sp³-hybridized carbons (Fsp3) is 0.812. The Bertz CT molecular complexity index is 510. The molecular weight excluding hydrogens is 448 g/mol. The van der Waals surface area contributed by atoms with Crippen molar-refractivity contribution in [3.8, 4) is 0 Å². The number of esters is 1. The van der Waals surface area contributed by atoms with Crippen molar-refractivity contribution in [1.29, 1.82) is 0 Å². The molecule has 0 rings (SSSR count).